The predicted molar refractivity (Wildman–Crippen MR) is 114 cm³/mol. The van der Waals surface area contributed by atoms with Crippen molar-refractivity contribution in [3.63, 3.8) is 0 Å². The monoisotopic (exact) mass is 476 g/mol. The average Bonchev–Trinajstić information content (AvgIpc) is 2.75. The van der Waals surface area contributed by atoms with Crippen LogP contribution >= 0.6 is 0 Å². The third-order valence-electron chi connectivity index (χ3n) is 3.96. The fourth-order valence-corrected chi connectivity index (χ4v) is 3.12. The Morgan fingerprint density at radius 3 is 2.00 bits per heavy atom. The number of alkyl halides is 3. The summed E-state index contributed by atoms with van der Waals surface area (Å²) in [6.45, 7) is 5.65. The first-order chi connectivity index (χ1) is 15.1. The maximum atomic E-state index is 12.2. The Kier molecular flexibility index (Phi) is 11.3. The van der Waals surface area contributed by atoms with Gasteiger partial charge in [-0.25, -0.2) is 9.69 Å². The fourth-order valence-electron chi connectivity index (χ4n) is 2.46. The molecule has 2 N–H and O–H groups in total. The minimum absolute atomic E-state index is 0.271. The fraction of sp³-hybridized carbons (Fsp3) is 0.381. The number of hydrogen-bond donors (Lipinski definition) is 2. The molecule has 0 saturated heterocycles. The molecule has 2 aromatic carbocycles. The number of ether oxygens (including phenoxy) is 1. The molecule has 7 nitrogen and oxygen atoms in total. The largest absolute Gasteiger partial charge is 0.573 e. The van der Waals surface area contributed by atoms with Crippen molar-refractivity contribution in [2.75, 3.05) is 7.05 Å². The Labute approximate surface area is 187 Å². The van der Waals surface area contributed by atoms with Crippen molar-refractivity contribution in [3.8, 4) is 5.75 Å². The minimum Gasteiger partial charge on any atom is -0.406 e. The minimum atomic E-state index is -4.72. The molecule has 0 aromatic heterocycles. The number of hydroxylamine groups is 3. The third kappa shape index (κ3) is 9.77. The number of benzene rings is 2. The van der Waals surface area contributed by atoms with E-state index in [1.54, 1.807) is 19.2 Å². The summed E-state index contributed by atoms with van der Waals surface area (Å²) in [5, 5.41) is 8.82. The van der Waals surface area contributed by atoms with Crippen molar-refractivity contribution < 1.29 is 36.4 Å². The van der Waals surface area contributed by atoms with Gasteiger partial charge >= 0.3 is 6.36 Å². The van der Waals surface area contributed by atoms with E-state index in [1.807, 2.05) is 38.1 Å². The van der Waals surface area contributed by atoms with Crippen LogP contribution in [0.2, 0.25) is 0 Å². The number of nitrogens with one attached hydrogen (secondary N) is 1. The number of nitrogens with zero attached hydrogens (tertiary/aromatic N) is 1. The van der Waals surface area contributed by atoms with Gasteiger partial charge in [0.2, 0.25) is 0 Å². The number of carbonyl (C=O) groups excluding carboxylic acids is 1. The van der Waals surface area contributed by atoms with Crippen LogP contribution in [0.1, 0.15) is 37.5 Å². The van der Waals surface area contributed by atoms with E-state index in [9.17, 15) is 22.2 Å². The van der Waals surface area contributed by atoms with Crippen LogP contribution in [0, 0.1) is 0 Å². The van der Waals surface area contributed by atoms with Crippen LogP contribution in [-0.2, 0) is 33.1 Å². The van der Waals surface area contributed by atoms with E-state index in [4.69, 9.17) is 9.49 Å². The molecular weight excluding hydrogens is 449 g/mol. The van der Waals surface area contributed by atoms with E-state index in [-0.39, 0.29) is 5.75 Å². The molecule has 2 rings (SSSR count). The van der Waals surface area contributed by atoms with E-state index >= 15 is 0 Å². The van der Waals surface area contributed by atoms with E-state index in [0.29, 0.717) is 13.0 Å². The number of carbonyl (C=O) groups is 1. The van der Waals surface area contributed by atoms with Gasteiger partial charge in [0.25, 0.3) is 5.91 Å². The number of halogens is 3. The van der Waals surface area contributed by atoms with Crippen molar-refractivity contribution >= 4 is 17.0 Å². The highest BCUT2D eigenvalue weighted by atomic mass is 32.2. The zero-order valence-corrected chi connectivity index (χ0v) is 19.0. The molecule has 2 aromatic rings. The molecule has 2 unspecified atom stereocenters. The van der Waals surface area contributed by atoms with Crippen LogP contribution in [0.25, 0.3) is 0 Å². The molecule has 0 spiro atoms. The van der Waals surface area contributed by atoms with Crippen LogP contribution in [-0.4, -0.2) is 39.0 Å². The predicted octanol–water partition coefficient (Wildman–Crippen LogP) is 4.12. The van der Waals surface area contributed by atoms with Crippen LogP contribution in [0.5, 0.6) is 5.75 Å². The second-order valence-corrected chi connectivity index (χ2v) is 7.80. The molecule has 0 aliphatic heterocycles. The zero-order chi connectivity index (χ0) is 24.3. The Balaban J connectivity index is 0.00000249. The molecule has 0 radical (unpaired) electrons. The lowest BCUT2D eigenvalue weighted by Crippen LogP contribution is -2.36. The SMILES string of the molecule is CC.CC(C(=O)NO)S(=O)ON(C)Cc1ccc(Cc2ccc(OC(F)(F)F)cc2)cc1. The lowest BCUT2D eigenvalue weighted by molar-refractivity contribution is -0.274. The van der Waals surface area contributed by atoms with Gasteiger partial charge in [0.1, 0.15) is 11.0 Å². The van der Waals surface area contributed by atoms with E-state index in [2.05, 4.69) is 4.74 Å². The molecule has 0 heterocycles. The van der Waals surface area contributed by atoms with Gasteiger partial charge in [-0.15, -0.1) is 13.2 Å². The first-order valence-electron chi connectivity index (χ1n) is 9.74. The summed E-state index contributed by atoms with van der Waals surface area (Å²) in [6, 6.07) is 13.1. The molecule has 0 aliphatic rings. The molecule has 11 heteroatoms. The van der Waals surface area contributed by atoms with Crippen LogP contribution in [0.15, 0.2) is 48.5 Å². The quantitative estimate of drug-likeness (QED) is 0.418. The third-order valence-corrected chi connectivity index (χ3v) is 5.16. The second-order valence-electron chi connectivity index (χ2n) is 6.42. The van der Waals surface area contributed by atoms with Crippen molar-refractivity contribution in [2.45, 2.75) is 45.3 Å². The molecule has 32 heavy (non-hydrogen) atoms. The van der Waals surface area contributed by atoms with Gasteiger partial charge < -0.3 is 4.74 Å². The maximum absolute atomic E-state index is 12.2. The van der Waals surface area contributed by atoms with Gasteiger partial charge in [-0.3, -0.25) is 10.0 Å². The molecule has 0 bridgehead atoms. The summed E-state index contributed by atoms with van der Waals surface area (Å²) in [5.74, 6) is -1.09. The summed E-state index contributed by atoms with van der Waals surface area (Å²) < 4.78 is 57.5. The number of hydrogen-bond acceptors (Lipinski definition) is 6. The highest BCUT2D eigenvalue weighted by Crippen LogP contribution is 2.23. The van der Waals surface area contributed by atoms with Crippen molar-refractivity contribution in [3.05, 3.63) is 65.2 Å². The zero-order valence-electron chi connectivity index (χ0n) is 18.2. The first kappa shape index (κ1) is 27.6. The van der Waals surface area contributed by atoms with Crippen LogP contribution < -0.4 is 10.2 Å². The van der Waals surface area contributed by atoms with Crippen molar-refractivity contribution in [1.29, 1.82) is 0 Å². The van der Waals surface area contributed by atoms with E-state index < -0.39 is 28.6 Å². The normalized spacial score (nSPS) is 13.0. The highest BCUT2D eigenvalue weighted by Gasteiger charge is 2.30. The molecule has 2 atom stereocenters. The molecule has 0 fully saturated rings. The van der Waals surface area contributed by atoms with E-state index in [0.717, 1.165) is 16.7 Å². The van der Waals surface area contributed by atoms with Gasteiger partial charge in [-0.05, 0) is 42.2 Å². The van der Waals surface area contributed by atoms with Crippen molar-refractivity contribution in [2.24, 2.45) is 0 Å². The topological polar surface area (TPSA) is 88.1 Å². The smallest absolute Gasteiger partial charge is 0.406 e. The molecule has 0 saturated carbocycles. The maximum Gasteiger partial charge on any atom is 0.573 e. The first-order valence-corrected chi connectivity index (χ1v) is 10.9. The Morgan fingerprint density at radius 1 is 1.06 bits per heavy atom. The summed E-state index contributed by atoms with van der Waals surface area (Å²) in [7, 11) is 1.56. The molecule has 1 amide bonds. The molecular formula is C21H27F3N2O5S. The Hall–Kier alpha value is -2.47. The Bertz CT molecular complexity index is 861. The summed E-state index contributed by atoms with van der Waals surface area (Å²) in [4.78, 5) is 11.3. The average molecular weight is 477 g/mol. The molecule has 0 aliphatic carbocycles. The van der Waals surface area contributed by atoms with Gasteiger partial charge in [-0.2, -0.15) is 9.35 Å². The van der Waals surface area contributed by atoms with Gasteiger partial charge in [0.15, 0.2) is 11.1 Å². The van der Waals surface area contributed by atoms with Crippen LogP contribution in [0.3, 0.4) is 0 Å². The van der Waals surface area contributed by atoms with E-state index in [1.165, 1.54) is 29.6 Å². The van der Waals surface area contributed by atoms with Crippen molar-refractivity contribution in [1.82, 2.24) is 10.5 Å². The summed E-state index contributed by atoms with van der Waals surface area (Å²) >= 11 is -1.96. The Morgan fingerprint density at radius 2 is 1.53 bits per heavy atom. The molecule has 178 valence electrons. The second kappa shape index (κ2) is 13.2. The summed E-state index contributed by atoms with van der Waals surface area (Å²) in [5.41, 5.74) is 4.04. The van der Waals surface area contributed by atoms with Gasteiger partial charge in [0.05, 0.1) is 6.54 Å². The number of amides is 1. The van der Waals surface area contributed by atoms with Crippen LogP contribution in [0.4, 0.5) is 13.2 Å². The van der Waals surface area contributed by atoms with Gasteiger partial charge in [0, 0.05) is 7.05 Å². The highest BCUT2D eigenvalue weighted by molar-refractivity contribution is 7.81. The lowest BCUT2D eigenvalue weighted by Gasteiger charge is -2.17. The number of rotatable bonds is 9. The lowest BCUT2D eigenvalue weighted by atomic mass is 10.0. The van der Waals surface area contributed by atoms with Gasteiger partial charge in [-0.1, -0.05) is 50.2 Å². The summed E-state index contributed by atoms with van der Waals surface area (Å²) in [6.07, 6.45) is -4.19. The standard InChI is InChI=1S/C19H21F3N2O5S.C2H6/c1-13(18(25)23-26)30(27)29-24(2)12-16-5-3-14(4-6-16)11-15-7-9-17(10-8-15)28-19(20,21)22;1-2/h3-10,13,26H,11-12H2,1-2H3,(H,23,25);1-2H3.